The third-order valence-corrected chi connectivity index (χ3v) is 3.83. The maximum Gasteiger partial charge on any atom is 0.222 e. The fourth-order valence-corrected chi connectivity index (χ4v) is 2.53. The zero-order valence-electron chi connectivity index (χ0n) is 14.1. The van der Waals surface area contributed by atoms with Crippen molar-refractivity contribution in [3.8, 4) is 11.6 Å². The Balaban J connectivity index is 0.00000208. The number of furan rings is 1. The van der Waals surface area contributed by atoms with Crippen molar-refractivity contribution in [1.29, 1.82) is 0 Å². The molecule has 6 heteroatoms. The summed E-state index contributed by atoms with van der Waals surface area (Å²) in [5.74, 6) is 2.52. The van der Waals surface area contributed by atoms with Gasteiger partial charge in [-0.2, -0.15) is 5.10 Å². The largest absolute Gasteiger partial charge is 0.469 e. The fourth-order valence-electron chi connectivity index (χ4n) is 2.53. The van der Waals surface area contributed by atoms with Crippen molar-refractivity contribution in [1.82, 2.24) is 15.1 Å². The smallest absolute Gasteiger partial charge is 0.222 e. The lowest BCUT2D eigenvalue weighted by molar-refractivity contribution is 0.423. The highest BCUT2D eigenvalue weighted by molar-refractivity contribution is 5.85. The maximum absolute atomic E-state index is 6.01. The third-order valence-electron chi connectivity index (χ3n) is 3.83. The van der Waals surface area contributed by atoms with Gasteiger partial charge in [-0.15, -0.1) is 12.4 Å². The number of rotatable bonds is 6. The zero-order chi connectivity index (χ0) is 16.2. The van der Waals surface area contributed by atoms with E-state index in [1.807, 2.05) is 57.3 Å². The minimum absolute atomic E-state index is 0. The number of halogens is 1. The quantitative estimate of drug-likeness (QED) is 0.728. The highest BCUT2D eigenvalue weighted by Crippen LogP contribution is 2.27. The molecule has 1 N–H and O–H groups in total. The van der Waals surface area contributed by atoms with E-state index in [9.17, 15) is 0 Å². The summed E-state index contributed by atoms with van der Waals surface area (Å²) in [4.78, 5) is 0. The molecule has 0 aliphatic carbocycles. The van der Waals surface area contributed by atoms with Gasteiger partial charge in [0.15, 0.2) is 0 Å². The summed E-state index contributed by atoms with van der Waals surface area (Å²) in [7, 11) is 1.90. The third kappa shape index (κ3) is 3.99. The van der Waals surface area contributed by atoms with E-state index in [1.54, 1.807) is 10.9 Å². The highest BCUT2D eigenvalue weighted by Gasteiger charge is 2.15. The van der Waals surface area contributed by atoms with Gasteiger partial charge in [-0.1, -0.05) is 18.2 Å². The van der Waals surface area contributed by atoms with Crippen molar-refractivity contribution in [3.05, 3.63) is 65.2 Å². The van der Waals surface area contributed by atoms with Crippen LogP contribution in [0.3, 0.4) is 0 Å². The van der Waals surface area contributed by atoms with Crippen molar-refractivity contribution < 1.29 is 9.15 Å². The van der Waals surface area contributed by atoms with Crippen LogP contribution in [-0.2, 0) is 20.1 Å². The molecule has 24 heavy (non-hydrogen) atoms. The van der Waals surface area contributed by atoms with Crippen LogP contribution in [0.15, 0.2) is 47.1 Å². The van der Waals surface area contributed by atoms with Crippen LogP contribution < -0.4 is 10.1 Å². The zero-order valence-corrected chi connectivity index (χ0v) is 14.9. The summed E-state index contributed by atoms with van der Waals surface area (Å²) < 4.78 is 13.1. The monoisotopic (exact) mass is 347 g/mol. The predicted octanol–water partition coefficient (Wildman–Crippen LogP) is 4.13. The number of ether oxygens (including phenoxy) is 1. The lowest BCUT2D eigenvalue weighted by Crippen LogP contribution is -2.13. The topological polar surface area (TPSA) is 52.2 Å². The summed E-state index contributed by atoms with van der Waals surface area (Å²) in [5, 5.41) is 7.91. The van der Waals surface area contributed by atoms with Gasteiger partial charge >= 0.3 is 0 Å². The molecule has 5 nitrogen and oxygen atoms in total. The summed E-state index contributed by atoms with van der Waals surface area (Å²) >= 11 is 0. The second kappa shape index (κ2) is 8.04. The Morgan fingerprint density at radius 3 is 2.54 bits per heavy atom. The van der Waals surface area contributed by atoms with Crippen molar-refractivity contribution in [3.63, 3.8) is 0 Å². The van der Waals surface area contributed by atoms with Gasteiger partial charge in [-0.05, 0) is 32.0 Å². The molecule has 3 rings (SSSR count). The first kappa shape index (κ1) is 18.1. The van der Waals surface area contributed by atoms with Crippen LogP contribution in [0.2, 0.25) is 0 Å². The van der Waals surface area contributed by atoms with E-state index in [-0.39, 0.29) is 12.4 Å². The SMILES string of the molecule is Cc1nn(C)c(Oc2ccccc2)c1CNCc1ccoc1C.Cl. The molecular weight excluding hydrogens is 326 g/mol. The van der Waals surface area contributed by atoms with Crippen molar-refractivity contribution >= 4 is 12.4 Å². The number of nitrogens with zero attached hydrogens (tertiary/aromatic N) is 2. The molecule has 0 saturated carbocycles. The number of benzene rings is 1. The summed E-state index contributed by atoms with van der Waals surface area (Å²) in [5.41, 5.74) is 3.20. The molecule has 2 aromatic heterocycles. The van der Waals surface area contributed by atoms with Crippen molar-refractivity contribution in [2.45, 2.75) is 26.9 Å². The second-order valence-electron chi connectivity index (χ2n) is 5.51. The summed E-state index contributed by atoms with van der Waals surface area (Å²) in [6.45, 7) is 5.40. The van der Waals surface area contributed by atoms with Crippen LogP contribution in [0.4, 0.5) is 0 Å². The highest BCUT2D eigenvalue weighted by atomic mass is 35.5. The molecule has 0 radical (unpaired) electrons. The number of nitrogens with one attached hydrogen (secondary N) is 1. The van der Waals surface area contributed by atoms with E-state index in [0.29, 0.717) is 6.54 Å². The van der Waals surface area contributed by atoms with Crippen LogP contribution >= 0.6 is 12.4 Å². The Kier molecular flexibility index (Phi) is 6.06. The molecule has 0 bridgehead atoms. The Hall–Kier alpha value is -2.24. The van der Waals surface area contributed by atoms with Gasteiger partial charge in [0.1, 0.15) is 11.5 Å². The van der Waals surface area contributed by atoms with E-state index in [1.165, 1.54) is 0 Å². The number of para-hydroxylation sites is 1. The average Bonchev–Trinajstić information content (AvgIpc) is 3.06. The Labute approximate surface area is 148 Å². The number of aryl methyl sites for hydroxylation is 3. The van der Waals surface area contributed by atoms with E-state index in [2.05, 4.69) is 10.4 Å². The molecule has 0 amide bonds. The lowest BCUT2D eigenvalue weighted by Gasteiger charge is -2.09. The second-order valence-corrected chi connectivity index (χ2v) is 5.51. The molecule has 0 fully saturated rings. The van der Waals surface area contributed by atoms with E-state index in [4.69, 9.17) is 9.15 Å². The van der Waals surface area contributed by atoms with Gasteiger partial charge in [-0.3, -0.25) is 0 Å². The van der Waals surface area contributed by atoms with Crippen molar-refractivity contribution in [2.75, 3.05) is 0 Å². The van der Waals surface area contributed by atoms with Crippen LogP contribution in [0, 0.1) is 13.8 Å². The first-order valence-corrected chi connectivity index (χ1v) is 7.64. The van der Waals surface area contributed by atoms with Gasteiger partial charge in [0.05, 0.1) is 17.5 Å². The standard InChI is InChI=1S/C18H21N3O2.ClH/c1-13-17(12-19-11-15-9-10-22-14(15)2)18(21(3)20-13)23-16-7-5-4-6-8-16;/h4-10,19H,11-12H2,1-3H3;1H. The summed E-state index contributed by atoms with van der Waals surface area (Å²) in [6.07, 6.45) is 1.71. The Bertz CT molecular complexity index is 781. The molecule has 0 aliphatic heterocycles. The number of hydrogen-bond donors (Lipinski definition) is 1. The van der Waals surface area contributed by atoms with Crippen LogP contribution in [0.25, 0.3) is 0 Å². The molecule has 3 aromatic rings. The molecule has 0 spiro atoms. The summed E-state index contributed by atoms with van der Waals surface area (Å²) in [6, 6.07) is 11.7. The van der Waals surface area contributed by atoms with Gasteiger partial charge in [0, 0.05) is 25.7 Å². The first-order valence-electron chi connectivity index (χ1n) is 7.64. The lowest BCUT2D eigenvalue weighted by atomic mass is 10.2. The molecular formula is C18H22ClN3O2. The van der Waals surface area contributed by atoms with Gasteiger partial charge in [0.2, 0.25) is 5.88 Å². The van der Waals surface area contributed by atoms with E-state index < -0.39 is 0 Å². The molecule has 0 unspecified atom stereocenters. The van der Waals surface area contributed by atoms with Gasteiger partial charge in [-0.25, -0.2) is 4.68 Å². The first-order chi connectivity index (χ1) is 11.1. The average molecular weight is 348 g/mol. The van der Waals surface area contributed by atoms with Crippen LogP contribution in [-0.4, -0.2) is 9.78 Å². The molecule has 128 valence electrons. The molecule has 0 aliphatic rings. The Morgan fingerprint density at radius 2 is 1.88 bits per heavy atom. The van der Waals surface area contributed by atoms with Crippen LogP contribution in [0.5, 0.6) is 11.6 Å². The molecule has 0 atom stereocenters. The molecule has 0 saturated heterocycles. The van der Waals surface area contributed by atoms with Crippen LogP contribution in [0.1, 0.15) is 22.6 Å². The van der Waals surface area contributed by atoms with Crippen molar-refractivity contribution in [2.24, 2.45) is 7.05 Å². The Morgan fingerprint density at radius 1 is 1.12 bits per heavy atom. The van der Waals surface area contributed by atoms with Gasteiger partial charge in [0.25, 0.3) is 0 Å². The maximum atomic E-state index is 6.01. The molecule has 1 aromatic carbocycles. The fraction of sp³-hybridized carbons (Fsp3) is 0.278. The molecule has 2 heterocycles. The van der Waals surface area contributed by atoms with Gasteiger partial charge < -0.3 is 14.5 Å². The minimum Gasteiger partial charge on any atom is -0.469 e. The predicted molar refractivity (Wildman–Crippen MR) is 95.7 cm³/mol. The normalized spacial score (nSPS) is 10.5. The van der Waals surface area contributed by atoms with E-state index >= 15 is 0 Å². The number of aromatic nitrogens is 2. The van der Waals surface area contributed by atoms with E-state index in [0.717, 1.165) is 40.8 Å². The minimum atomic E-state index is 0. The number of hydrogen-bond acceptors (Lipinski definition) is 4.